The molecule has 0 spiro atoms. The molecular formula is C23H20. The molecule has 0 aliphatic rings. The SMILES string of the molecule is Cc1cc(/C=C/c2ccccc2)cc(/C=C/c2ccccc2)c1. The monoisotopic (exact) mass is 296 g/mol. The molecule has 0 aliphatic carbocycles. The Morgan fingerprint density at radius 3 is 1.30 bits per heavy atom. The number of hydrogen-bond acceptors (Lipinski definition) is 0. The van der Waals surface area contributed by atoms with Crippen molar-refractivity contribution in [3.8, 4) is 0 Å². The van der Waals surface area contributed by atoms with Gasteiger partial charge in [-0.05, 0) is 40.8 Å². The van der Waals surface area contributed by atoms with Gasteiger partial charge in [-0.15, -0.1) is 0 Å². The van der Waals surface area contributed by atoms with Crippen molar-refractivity contribution in [1.29, 1.82) is 0 Å². The van der Waals surface area contributed by atoms with Crippen molar-refractivity contribution >= 4 is 24.3 Å². The molecule has 112 valence electrons. The summed E-state index contributed by atoms with van der Waals surface area (Å²) in [4.78, 5) is 0. The number of hydrogen-bond donors (Lipinski definition) is 0. The number of aryl methyl sites for hydroxylation is 1. The van der Waals surface area contributed by atoms with Gasteiger partial charge in [0.2, 0.25) is 0 Å². The molecule has 0 nitrogen and oxygen atoms in total. The second-order valence-corrected chi connectivity index (χ2v) is 5.67. The molecule has 0 heteroatoms. The Kier molecular flexibility index (Phi) is 4.85. The van der Waals surface area contributed by atoms with Crippen LogP contribution in [-0.4, -0.2) is 0 Å². The first-order chi connectivity index (χ1) is 11.3. The lowest BCUT2D eigenvalue weighted by atomic mass is 10.0. The van der Waals surface area contributed by atoms with Crippen molar-refractivity contribution in [1.82, 2.24) is 0 Å². The van der Waals surface area contributed by atoms with Gasteiger partial charge in [0.1, 0.15) is 0 Å². The molecule has 0 saturated carbocycles. The Hall–Kier alpha value is -2.86. The standard InChI is InChI=1S/C23H20/c1-19-16-22(14-12-20-8-4-2-5-9-20)18-23(17-19)15-13-21-10-6-3-7-11-21/h2-18H,1H3/b14-12+,15-13+. The largest absolute Gasteiger partial charge is 0.0622 e. The average Bonchev–Trinajstić information content (AvgIpc) is 2.60. The normalized spacial score (nSPS) is 11.3. The smallest absolute Gasteiger partial charge is 0.0248 e. The highest BCUT2D eigenvalue weighted by Gasteiger charge is 1.94. The summed E-state index contributed by atoms with van der Waals surface area (Å²) in [5.74, 6) is 0. The fourth-order valence-corrected chi connectivity index (χ4v) is 2.55. The van der Waals surface area contributed by atoms with Gasteiger partial charge in [0, 0.05) is 0 Å². The molecule has 0 saturated heterocycles. The molecule has 0 aromatic heterocycles. The summed E-state index contributed by atoms with van der Waals surface area (Å²) in [5.41, 5.74) is 6.15. The van der Waals surface area contributed by atoms with E-state index in [0.717, 1.165) is 0 Å². The summed E-state index contributed by atoms with van der Waals surface area (Å²) in [5, 5.41) is 0. The molecule has 3 aromatic rings. The summed E-state index contributed by atoms with van der Waals surface area (Å²) in [6.07, 6.45) is 8.64. The van der Waals surface area contributed by atoms with Gasteiger partial charge in [-0.3, -0.25) is 0 Å². The van der Waals surface area contributed by atoms with E-state index in [1.54, 1.807) is 0 Å². The van der Waals surface area contributed by atoms with Crippen molar-refractivity contribution < 1.29 is 0 Å². The molecule has 0 fully saturated rings. The molecular weight excluding hydrogens is 276 g/mol. The zero-order chi connectivity index (χ0) is 15.9. The molecule has 0 atom stereocenters. The number of rotatable bonds is 4. The van der Waals surface area contributed by atoms with Crippen molar-refractivity contribution in [2.45, 2.75) is 6.92 Å². The van der Waals surface area contributed by atoms with Gasteiger partial charge >= 0.3 is 0 Å². The van der Waals surface area contributed by atoms with E-state index in [2.05, 4.69) is 98.0 Å². The van der Waals surface area contributed by atoms with Gasteiger partial charge in [-0.1, -0.05) is 97.1 Å². The van der Waals surface area contributed by atoms with Gasteiger partial charge in [0.05, 0.1) is 0 Å². The van der Waals surface area contributed by atoms with Crippen LogP contribution in [0.3, 0.4) is 0 Å². The first-order valence-electron chi connectivity index (χ1n) is 7.87. The summed E-state index contributed by atoms with van der Waals surface area (Å²) in [6, 6.07) is 27.4. The molecule has 0 unspecified atom stereocenters. The van der Waals surface area contributed by atoms with Crippen LogP contribution in [0.5, 0.6) is 0 Å². The maximum atomic E-state index is 2.21. The van der Waals surface area contributed by atoms with Crippen molar-refractivity contribution in [3.05, 3.63) is 107 Å². The second kappa shape index (κ2) is 7.42. The topological polar surface area (TPSA) is 0 Å². The van der Waals surface area contributed by atoms with E-state index in [1.165, 1.54) is 27.8 Å². The zero-order valence-electron chi connectivity index (χ0n) is 13.3. The Morgan fingerprint density at radius 2 is 0.870 bits per heavy atom. The third-order valence-electron chi connectivity index (χ3n) is 3.66. The maximum Gasteiger partial charge on any atom is -0.0248 e. The molecule has 0 N–H and O–H groups in total. The van der Waals surface area contributed by atoms with Crippen LogP contribution in [0.1, 0.15) is 27.8 Å². The van der Waals surface area contributed by atoms with E-state index < -0.39 is 0 Å². The first kappa shape index (κ1) is 15.1. The minimum Gasteiger partial charge on any atom is -0.0622 e. The zero-order valence-corrected chi connectivity index (χ0v) is 13.3. The van der Waals surface area contributed by atoms with E-state index in [1.807, 2.05) is 12.1 Å². The summed E-state index contributed by atoms with van der Waals surface area (Å²) in [6.45, 7) is 2.14. The quantitative estimate of drug-likeness (QED) is 0.493. The highest BCUT2D eigenvalue weighted by Crippen LogP contribution is 2.16. The molecule has 0 radical (unpaired) electrons. The van der Waals surface area contributed by atoms with Gasteiger partial charge < -0.3 is 0 Å². The Labute approximate surface area is 138 Å². The molecule has 3 aromatic carbocycles. The lowest BCUT2D eigenvalue weighted by molar-refractivity contribution is 1.44. The van der Waals surface area contributed by atoms with Gasteiger partial charge in [0.25, 0.3) is 0 Å². The predicted molar refractivity (Wildman–Crippen MR) is 102 cm³/mol. The second-order valence-electron chi connectivity index (χ2n) is 5.67. The Balaban J connectivity index is 1.82. The van der Waals surface area contributed by atoms with Crippen LogP contribution in [0, 0.1) is 6.92 Å². The Morgan fingerprint density at radius 1 is 0.478 bits per heavy atom. The first-order valence-corrected chi connectivity index (χ1v) is 7.87. The minimum atomic E-state index is 1.22. The van der Waals surface area contributed by atoms with Crippen LogP contribution in [0.2, 0.25) is 0 Å². The number of benzene rings is 3. The third-order valence-corrected chi connectivity index (χ3v) is 3.66. The maximum absolute atomic E-state index is 2.21. The van der Waals surface area contributed by atoms with Crippen molar-refractivity contribution in [3.63, 3.8) is 0 Å². The average molecular weight is 296 g/mol. The fraction of sp³-hybridized carbons (Fsp3) is 0.0435. The predicted octanol–water partition coefficient (Wildman–Crippen LogP) is 6.34. The molecule has 0 amide bonds. The van der Waals surface area contributed by atoms with E-state index in [9.17, 15) is 0 Å². The lowest BCUT2D eigenvalue weighted by Crippen LogP contribution is -1.81. The van der Waals surface area contributed by atoms with Gasteiger partial charge in [-0.2, -0.15) is 0 Å². The third kappa shape index (κ3) is 4.55. The highest BCUT2D eigenvalue weighted by molar-refractivity contribution is 5.74. The highest BCUT2D eigenvalue weighted by atomic mass is 14.0. The minimum absolute atomic E-state index is 1.22. The van der Waals surface area contributed by atoms with Crippen LogP contribution in [0.4, 0.5) is 0 Å². The van der Waals surface area contributed by atoms with Crippen LogP contribution >= 0.6 is 0 Å². The van der Waals surface area contributed by atoms with Gasteiger partial charge in [-0.25, -0.2) is 0 Å². The lowest BCUT2D eigenvalue weighted by Gasteiger charge is -2.01. The molecule has 0 aliphatic heterocycles. The summed E-state index contributed by atoms with van der Waals surface area (Å²) < 4.78 is 0. The molecule has 0 bridgehead atoms. The van der Waals surface area contributed by atoms with E-state index >= 15 is 0 Å². The Bertz CT molecular complexity index is 741. The van der Waals surface area contributed by atoms with Crippen molar-refractivity contribution in [2.24, 2.45) is 0 Å². The molecule has 0 heterocycles. The van der Waals surface area contributed by atoms with E-state index in [0.29, 0.717) is 0 Å². The van der Waals surface area contributed by atoms with Crippen molar-refractivity contribution in [2.75, 3.05) is 0 Å². The molecule has 3 rings (SSSR count). The summed E-state index contributed by atoms with van der Waals surface area (Å²) >= 11 is 0. The van der Waals surface area contributed by atoms with E-state index in [4.69, 9.17) is 0 Å². The van der Waals surface area contributed by atoms with Crippen LogP contribution in [0.25, 0.3) is 24.3 Å². The van der Waals surface area contributed by atoms with E-state index in [-0.39, 0.29) is 0 Å². The summed E-state index contributed by atoms with van der Waals surface area (Å²) in [7, 11) is 0. The molecule has 23 heavy (non-hydrogen) atoms. The van der Waals surface area contributed by atoms with Crippen LogP contribution in [-0.2, 0) is 0 Å². The fourth-order valence-electron chi connectivity index (χ4n) is 2.55. The van der Waals surface area contributed by atoms with Crippen LogP contribution in [0.15, 0.2) is 78.9 Å². The van der Waals surface area contributed by atoms with Gasteiger partial charge in [0.15, 0.2) is 0 Å². The van der Waals surface area contributed by atoms with Crippen LogP contribution < -0.4 is 0 Å².